The molecule has 2 atom stereocenters. The summed E-state index contributed by atoms with van der Waals surface area (Å²) in [6, 6.07) is 5.04. The van der Waals surface area contributed by atoms with E-state index in [0.717, 1.165) is 28.4 Å². The summed E-state index contributed by atoms with van der Waals surface area (Å²) in [6.45, 7) is 0.380. The number of carboxylic acid groups (broad SMARTS) is 1. The average Bonchev–Trinajstić information content (AvgIpc) is 2.54. The van der Waals surface area contributed by atoms with Crippen LogP contribution in [0.15, 0.2) is 34.8 Å². The Kier molecular flexibility index (Phi) is 4.34. The van der Waals surface area contributed by atoms with Crippen LogP contribution in [0.2, 0.25) is 0 Å². The number of allylic oxidation sites excluding steroid dienone is 2. The van der Waals surface area contributed by atoms with Gasteiger partial charge in [0.2, 0.25) is 5.91 Å². The Hall–Kier alpha value is -1.62. The lowest BCUT2D eigenvalue weighted by atomic mass is 9.89. The highest BCUT2D eigenvalue weighted by Gasteiger charge is 2.37. The summed E-state index contributed by atoms with van der Waals surface area (Å²) < 4.78 is 0.920. The monoisotopic (exact) mass is 363 g/mol. The van der Waals surface area contributed by atoms with Crippen molar-refractivity contribution in [3.63, 3.8) is 0 Å². The summed E-state index contributed by atoms with van der Waals surface area (Å²) in [7, 11) is 0. The molecule has 1 aliphatic carbocycles. The molecule has 1 aromatic carbocycles. The van der Waals surface area contributed by atoms with Crippen molar-refractivity contribution in [2.24, 2.45) is 5.92 Å². The van der Waals surface area contributed by atoms with Gasteiger partial charge in [0.05, 0.1) is 0 Å². The number of aliphatic carboxylic acids is 1. The first-order valence-electron chi connectivity index (χ1n) is 7.52. The van der Waals surface area contributed by atoms with Crippen molar-refractivity contribution in [3.05, 3.63) is 46.0 Å². The van der Waals surface area contributed by atoms with E-state index in [1.165, 1.54) is 0 Å². The van der Waals surface area contributed by atoms with Gasteiger partial charge >= 0.3 is 5.97 Å². The predicted molar refractivity (Wildman–Crippen MR) is 86.3 cm³/mol. The molecule has 0 bridgehead atoms. The number of halogens is 1. The van der Waals surface area contributed by atoms with E-state index in [4.69, 9.17) is 0 Å². The molecule has 0 fully saturated rings. The highest BCUT2D eigenvalue weighted by atomic mass is 79.9. The summed E-state index contributed by atoms with van der Waals surface area (Å²) in [5.41, 5.74) is 2.04. The maximum atomic E-state index is 12.8. The van der Waals surface area contributed by atoms with E-state index >= 15 is 0 Å². The van der Waals surface area contributed by atoms with Gasteiger partial charge in [0, 0.05) is 23.4 Å². The number of hydrogen-bond donors (Lipinski definition) is 1. The largest absolute Gasteiger partial charge is 0.480 e. The van der Waals surface area contributed by atoms with E-state index < -0.39 is 12.0 Å². The molecule has 1 aliphatic heterocycles. The van der Waals surface area contributed by atoms with Crippen LogP contribution < -0.4 is 0 Å². The average molecular weight is 364 g/mol. The van der Waals surface area contributed by atoms with Crippen LogP contribution in [0.5, 0.6) is 0 Å². The third-order valence-corrected chi connectivity index (χ3v) is 5.26. The minimum absolute atomic E-state index is 0.0256. The summed E-state index contributed by atoms with van der Waals surface area (Å²) >= 11 is 3.49. The molecule has 116 valence electrons. The lowest BCUT2D eigenvalue weighted by molar-refractivity contribution is -0.153. The van der Waals surface area contributed by atoms with E-state index in [-0.39, 0.29) is 11.8 Å². The van der Waals surface area contributed by atoms with Crippen molar-refractivity contribution in [3.8, 4) is 0 Å². The van der Waals surface area contributed by atoms with Crippen molar-refractivity contribution in [1.82, 2.24) is 4.90 Å². The van der Waals surface area contributed by atoms with Crippen molar-refractivity contribution < 1.29 is 14.7 Å². The van der Waals surface area contributed by atoms with Gasteiger partial charge in [-0.25, -0.2) is 4.79 Å². The van der Waals surface area contributed by atoms with Gasteiger partial charge in [-0.1, -0.05) is 40.2 Å². The Balaban J connectivity index is 1.90. The fraction of sp³-hybridized carbons (Fsp3) is 0.412. The van der Waals surface area contributed by atoms with Crippen LogP contribution in [-0.4, -0.2) is 27.9 Å². The molecular formula is C17H18BrNO3. The zero-order valence-corrected chi connectivity index (χ0v) is 13.8. The number of benzene rings is 1. The van der Waals surface area contributed by atoms with E-state index in [1.54, 1.807) is 4.90 Å². The Morgan fingerprint density at radius 2 is 2.09 bits per heavy atom. The molecule has 1 amide bonds. The van der Waals surface area contributed by atoms with Crippen LogP contribution in [0, 0.1) is 5.92 Å². The first-order chi connectivity index (χ1) is 10.6. The number of carboxylic acids is 1. The smallest absolute Gasteiger partial charge is 0.326 e. The lowest BCUT2D eigenvalue weighted by Gasteiger charge is -2.37. The minimum atomic E-state index is -0.930. The van der Waals surface area contributed by atoms with E-state index in [0.29, 0.717) is 19.4 Å². The molecule has 22 heavy (non-hydrogen) atoms. The first kappa shape index (κ1) is 15.3. The van der Waals surface area contributed by atoms with Crippen LogP contribution in [-0.2, 0) is 22.6 Å². The zero-order chi connectivity index (χ0) is 15.7. The summed E-state index contributed by atoms with van der Waals surface area (Å²) in [5, 5.41) is 9.55. The van der Waals surface area contributed by atoms with Crippen LogP contribution in [0.1, 0.15) is 30.4 Å². The Morgan fingerprint density at radius 1 is 1.27 bits per heavy atom. The molecule has 5 heteroatoms. The van der Waals surface area contributed by atoms with Crippen molar-refractivity contribution >= 4 is 27.8 Å². The SMILES string of the molecule is O=C(O)C1Cc2c(Br)cccc2CN1C(=O)C1CC=CCC1. The molecule has 2 aliphatic rings. The number of amides is 1. The second kappa shape index (κ2) is 6.24. The molecule has 0 saturated carbocycles. The number of hydrogen-bond acceptors (Lipinski definition) is 2. The molecule has 1 aromatic rings. The van der Waals surface area contributed by atoms with Crippen LogP contribution in [0.4, 0.5) is 0 Å². The number of fused-ring (bicyclic) bond motifs is 1. The van der Waals surface area contributed by atoms with Gasteiger partial charge in [0.1, 0.15) is 6.04 Å². The number of carbonyl (C=O) groups excluding carboxylic acids is 1. The van der Waals surface area contributed by atoms with E-state index in [9.17, 15) is 14.7 Å². The molecular weight excluding hydrogens is 346 g/mol. The molecule has 3 rings (SSSR count). The molecule has 0 aromatic heterocycles. The van der Waals surface area contributed by atoms with Crippen LogP contribution >= 0.6 is 15.9 Å². The van der Waals surface area contributed by atoms with Gasteiger partial charge in [-0.05, 0) is 36.5 Å². The molecule has 1 heterocycles. The van der Waals surface area contributed by atoms with Crippen molar-refractivity contribution in [2.45, 2.75) is 38.3 Å². The first-order valence-corrected chi connectivity index (χ1v) is 8.31. The Labute approximate surface area is 137 Å². The third kappa shape index (κ3) is 2.82. The molecule has 0 radical (unpaired) electrons. The Bertz CT molecular complexity index is 641. The molecule has 0 spiro atoms. The van der Waals surface area contributed by atoms with E-state index in [2.05, 4.69) is 22.0 Å². The minimum Gasteiger partial charge on any atom is -0.480 e. The van der Waals surface area contributed by atoms with Crippen LogP contribution in [0.3, 0.4) is 0 Å². The number of nitrogens with zero attached hydrogens (tertiary/aromatic N) is 1. The lowest BCUT2D eigenvalue weighted by Crippen LogP contribution is -2.50. The highest BCUT2D eigenvalue weighted by Crippen LogP contribution is 2.32. The fourth-order valence-electron chi connectivity index (χ4n) is 3.28. The van der Waals surface area contributed by atoms with Gasteiger partial charge in [-0.15, -0.1) is 0 Å². The second-order valence-electron chi connectivity index (χ2n) is 5.88. The van der Waals surface area contributed by atoms with Gasteiger partial charge < -0.3 is 10.0 Å². The molecule has 4 nitrogen and oxygen atoms in total. The molecule has 2 unspecified atom stereocenters. The Morgan fingerprint density at radius 3 is 2.77 bits per heavy atom. The fourth-order valence-corrected chi connectivity index (χ4v) is 3.85. The second-order valence-corrected chi connectivity index (χ2v) is 6.74. The maximum Gasteiger partial charge on any atom is 0.326 e. The van der Waals surface area contributed by atoms with E-state index in [1.807, 2.05) is 24.3 Å². The topological polar surface area (TPSA) is 57.6 Å². The maximum absolute atomic E-state index is 12.8. The quantitative estimate of drug-likeness (QED) is 0.821. The van der Waals surface area contributed by atoms with Crippen molar-refractivity contribution in [1.29, 1.82) is 0 Å². The highest BCUT2D eigenvalue weighted by molar-refractivity contribution is 9.10. The standard InChI is InChI=1S/C17H18BrNO3/c18-14-8-4-7-12-10-19(15(17(21)22)9-13(12)14)16(20)11-5-2-1-3-6-11/h1-2,4,7-8,11,15H,3,5-6,9-10H2,(H,21,22). The van der Waals surface area contributed by atoms with Crippen LogP contribution in [0.25, 0.3) is 0 Å². The summed E-state index contributed by atoms with van der Waals surface area (Å²) in [5.74, 6) is -1.04. The third-order valence-electron chi connectivity index (χ3n) is 4.52. The van der Waals surface area contributed by atoms with Crippen molar-refractivity contribution in [2.75, 3.05) is 0 Å². The van der Waals surface area contributed by atoms with Gasteiger partial charge in [-0.3, -0.25) is 4.79 Å². The number of carbonyl (C=O) groups is 2. The zero-order valence-electron chi connectivity index (χ0n) is 12.2. The molecule has 1 N–H and O–H groups in total. The van der Waals surface area contributed by atoms with Gasteiger partial charge in [-0.2, -0.15) is 0 Å². The predicted octanol–water partition coefficient (Wildman–Crippen LogP) is 3.14. The normalized spacial score (nSPS) is 24.0. The summed E-state index contributed by atoms with van der Waals surface area (Å²) in [4.78, 5) is 26.0. The molecule has 0 saturated heterocycles. The van der Waals surface area contributed by atoms with Gasteiger partial charge in [0.25, 0.3) is 0 Å². The van der Waals surface area contributed by atoms with Gasteiger partial charge in [0.15, 0.2) is 0 Å². The number of rotatable bonds is 2. The summed E-state index contributed by atoms with van der Waals surface area (Å²) in [6.07, 6.45) is 6.89.